The van der Waals surface area contributed by atoms with Crippen LogP contribution in [0.5, 0.6) is 0 Å². The molecule has 0 saturated carbocycles. The van der Waals surface area contributed by atoms with E-state index in [1.54, 1.807) is 6.92 Å². The summed E-state index contributed by atoms with van der Waals surface area (Å²) in [6.45, 7) is 2.12. The zero-order valence-electron chi connectivity index (χ0n) is 8.49. The molecular weight excluding hydrogens is 189 g/mol. The molecule has 70 valence electrons. The van der Waals surface area contributed by atoms with E-state index in [9.17, 15) is 9.90 Å². The molecule has 1 aromatic carbocycles. The molecule has 1 aromatic rings. The number of carboxylic acid groups (broad SMARTS) is 1. The minimum absolute atomic E-state index is 0. The maximum Gasteiger partial charge on any atom is 1.00 e. The summed E-state index contributed by atoms with van der Waals surface area (Å²) < 4.78 is 0. The van der Waals surface area contributed by atoms with E-state index in [1.165, 1.54) is 0 Å². The third-order valence-corrected chi connectivity index (χ3v) is 1.81. The van der Waals surface area contributed by atoms with Gasteiger partial charge >= 0.3 is 29.6 Å². The average molecular weight is 201 g/mol. The van der Waals surface area contributed by atoms with E-state index in [-0.39, 0.29) is 29.6 Å². The molecule has 3 nitrogen and oxygen atoms in total. The van der Waals surface area contributed by atoms with Gasteiger partial charge in [0.1, 0.15) is 0 Å². The Labute approximate surface area is 106 Å². The molecule has 1 rings (SSSR count). The Balaban J connectivity index is 0.00000169. The van der Waals surface area contributed by atoms with Crippen LogP contribution in [0.4, 0.5) is 0 Å². The first-order valence-electron chi connectivity index (χ1n) is 4.18. The van der Waals surface area contributed by atoms with Crippen LogP contribution in [-0.4, -0.2) is 12.0 Å². The Kier molecular flexibility index (Phi) is 6.83. The van der Waals surface area contributed by atoms with Crippen LogP contribution >= 0.6 is 0 Å². The van der Waals surface area contributed by atoms with Gasteiger partial charge in [-0.05, 0) is 12.5 Å². The van der Waals surface area contributed by atoms with Crippen LogP contribution in [0.15, 0.2) is 30.3 Å². The SMILES string of the molecule is CC(NCc1ccccc1)C(=O)[O-].[Na+]. The van der Waals surface area contributed by atoms with Crippen molar-refractivity contribution in [1.29, 1.82) is 0 Å². The average Bonchev–Trinajstić information content (AvgIpc) is 2.15. The van der Waals surface area contributed by atoms with Crippen LogP contribution in [0, 0.1) is 0 Å². The third-order valence-electron chi connectivity index (χ3n) is 1.81. The molecule has 0 fully saturated rings. The number of carboxylic acids is 1. The van der Waals surface area contributed by atoms with Gasteiger partial charge in [0, 0.05) is 12.6 Å². The second-order valence-corrected chi connectivity index (χ2v) is 2.91. The summed E-state index contributed by atoms with van der Waals surface area (Å²) in [5, 5.41) is 13.2. The molecule has 1 N–H and O–H groups in total. The number of hydrogen-bond donors (Lipinski definition) is 1. The summed E-state index contributed by atoms with van der Waals surface area (Å²) in [5.74, 6) is -1.07. The predicted molar refractivity (Wildman–Crippen MR) is 47.8 cm³/mol. The Morgan fingerprint density at radius 3 is 2.50 bits per heavy atom. The fourth-order valence-electron chi connectivity index (χ4n) is 0.950. The van der Waals surface area contributed by atoms with Crippen LogP contribution < -0.4 is 40.0 Å². The summed E-state index contributed by atoms with van der Waals surface area (Å²) in [7, 11) is 0. The predicted octanol–water partition coefficient (Wildman–Crippen LogP) is -3.08. The normalized spacial score (nSPS) is 11.5. The first kappa shape index (κ1) is 13.7. The molecule has 14 heavy (non-hydrogen) atoms. The van der Waals surface area contributed by atoms with Crippen molar-refractivity contribution in [2.45, 2.75) is 19.5 Å². The van der Waals surface area contributed by atoms with Crippen molar-refractivity contribution in [3.8, 4) is 0 Å². The summed E-state index contributed by atoms with van der Waals surface area (Å²) in [4.78, 5) is 10.3. The number of carbonyl (C=O) groups excluding carboxylic acids is 1. The van der Waals surface area contributed by atoms with Gasteiger partial charge in [0.2, 0.25) is 0 Å². The van der Waals surface area contributed by atoms with Gasteiger partial charge in [-0.3, -0.25) is 0 Å². The number of aliphatic carboxylic acids is 1. The van der Waals surface area contributed by atoms with E-state index in [0.717, 1.165) is 5.56 Å². The van der Waals surface area contributed by atoms with Crippen LogP contribution in [0.25, 0.3) is 0 Å². The van der Waals surface area contributed by atoms with Gasteiger partial charge < -0.3 is 15.2 Å². The number of nitrogens with one attached hydrogen (secondary N) is 1. The number of rotatable bonds is 4. The van der Waals surface area contributed by atoms with Crippen molar-refractivity contribution in [3.63, 3.8) is 0 Å². The zero-order chi connectivity index (χ0) is 9.68. The van der Waals surface area contributed by atoms with E-state index in [1.807, 2.05) is 30.3 Å². The van der Waals surface area contributed by atoms with E-state index in [0.29, 0.717) is 6.54 Å². The van der Waals surface area contributed by atoms with Crippen LogP contribution in [0.3, 0.4) is 0 Å². The Morgan fingerprint density at radius 2 is 2.00 bits per heavy atom. The molecular formula is C10H12NNaO2. The Bertz CT molecular complexity index is 277. The fourth-order valence-corrected chi connectivity index (χ4v) is 0.950. The monoisotopic (exact) mass is 201 g/mol. The number of hydrogen-bond acceptors (Lipinski definition) is 3. The van der Waals surface area contributed by atoms with Crippen LogP contribution in [0.2, 0.25) is 0 Å². The Hall–Kier alpha value is -0.350. The van der Waals surface area contributed by atoms with Crippen molar-refractivity contribution < 1.29 is 39.5 Å². The zero-order valence-corrected chi connectivity index (χ0v) is 10.5. The molecule has 0 amide bonds. The van der Waals surface area contributed by atoms with Gasteiger partial charge in [-0.25, -0.2) is 0 Å². The molecule has 0 saturated heterocycles. The maximum absolute atomic E-state index is 10.3. The summed E-state index contributed by atoms with van der Waals surface area (Å²) in [6, 6.07) is 9.03. The van der Waals surface area contributed by atoms with Gasteiger partial charge in [0.15, 0.2) is 0 Å². The van der Waals surface area contributed by atoms with Gasteiger partial charge in [-0.2, -0.15) is 0 Å². The molecule has 0 bridgehead atoms. The second-order valence-electron chi connectivity index (χ2n) is 2.91. The topological polar surface area (TPSA) is 52.2 Å². The number of carbonyl (C=O) groups is 1. The molecule has 0 aliphatic rings. The van der Waals surface area contributed by atoms with Crippen LogP contribution in [-0.2, 0) is 11.3 Å². The third kappa shape index (κ3) is 4.77. The maximum atomic E-state index is 10.3. The van der Waals surface area contributed by atoms with Crippen molar-refractivity contribution in [3.05, 3.63) is 35.9 Å². The molecule has 1 atom stereocenters. The van der Waals surface area contributed by atoms with Crippen molar-refractivity contribution in [2.24, 2.45) is 0 Å². The first-order valence-corrected chi connectivity index (χ1v) is 4.18. The summed E-state index contributed by atoms with van der Waals surface area (Å²) >= 11 is 0. The number of benzene rings is 1. The molecule has 1 unspecified atom stereocenters. The smallest absolute Gasteiger partial charge is 0.548 e. The minimum Gasteiger partial charge on any atom is -0.548 e. The van der Waals surface area contributed by atoms with Gasteiger partial charge in [0.05, 0.1) is 5.97 Å². The van der Waals surface area contributed by atoms with E-state index >= 15 is 0 Å². The Morgan fingerprint density at radius 1 is 1.43 bits per heavy atom. The molecule has 0 aromatic heterocycles. The van der Waals surface area contributed by atoms with Crippen molar-refractivity contribution in [1.82, 2.24) is 5.32 Å². The molecule has 0 spiro atoms. The van der Waals surface area contributed by atoms with E-state index in [2.05, 4.69) is 5.32 Å². The fraction of sp³-hybridized carbons (Fsp3) is 0.300. The van der Waals surface area contributed by atoms with E-state index < -0.39 is 12.0 Å². The quantitative estimate of drug-likeness (QED) is 0.526. The molecule has 0 aliphatic heterocycles. The van der Waals surface area contributed by atoms with Gasteiger partial charge in [-0.1, -0.05) is 30.3 Å². The second kappa shape index (κ2) is 7.01. The molecule has 0 heterocycles. The largest absolute Gasteiger partial charge is 1.00 e. The van der Waals surface area contributed by atoms with Crippen LogP contribution in [0.1, 0.15) is 12.5 Å². The van der Waals surface area contributed by atoms with E-state index in [4.69, 9.17) is 0 Å². The van der Waals surface area contributed by atoms with Gasteiger partial charge in [0.25, 0.3) is 0 Å². The molecule has 4 heteroatoms. The van der Waals surface area contributed by atoms with Crippen molar-refractivity contribution >= 4 is 5.97 Å². The van der Waals surface area contributed by atoms with Gasteiger partial charge in [-0.15, -0.1) is 0 Å². The summed E-state index contributed by atoms with van der Waals surface area (Å²) in [5.41, 5.74) is 1.07. The minimum atomic E-state index is -1.07. The standard InChI is InChI=1S/C10H13NO2.Na/c1-8(10(12)13)11-7-9-5-3-2-4-6-9;/h2-6,8,11H,7H2,1H3,(H,12,13);/q;+1/p-1. The first-order chi connectivity index (χ1) is 6.20. The summed E-state index contributed by atoms with van der Waals surface area (Å²) in [6.07, 6.45) is 0. The molecule has 0 aliphatic carbocycles. The molecule has 0 radical (unpaired) electrons. The van der Waals surface area contributed by atoms with Crippen molar-refractivity contribution in [2.75, 3.05) is 0 Å².